The van der Waals surface area contributed by atoms with Crippen LogP contribution in [0.25, 0.3) is 0 Å². The minimum atomic E-state index is -0.390. The molecule has 0 amide bonds. The van der Waals surface area contributed by atoms with E-state index in [4.69, 9.17) is 0 Å². The number of nitro benzene ring substituents is 1. The maximum absolute atomic E-state index is 10.8. The van der Waals surface area contributed by atoms with Gasteiger partial charge in [-0.1, -0.05) is 12.1 Å². The number of rotatable bonds is 3. The second-order valence-electron chi connectivity index (χ2n) is 4.54. The molecule has 6 heteroatoms. The highest BCUT2D eigenvalue weighted by atomic mass is 79.9. The first-order valence-electron chi connectivity index (χ1n) is 5.90. The van der Waals surface area contributed by atoms with E-state index in [2.05, 4.69) is 20.8 Å². The lowest BCUT2D eigenvalue weighted by molar-refractivity contribution is -0.385. The van der Waals surface area contributed by atoms with Gasteiger partial charge in [0, 0.05) is 19.2 Å². The number of benzene rings is 1. The second-order valence-corrected chi connectivity index (χ2v) is 5.33. The maximum atomic E-state index is 10.8. The summed E-state index contributed by atoms with van der Waals surface area (Å²) in [5.74, 6) is 0. The molecule has 0 aliphatic carbocycles. The van der Waals surface area contributed by atoms with Crippen LogP contribution in [0.4, 0.5) is 5.69 Å². The van der Waals surface area contributed by atoms with Gasteiger partial charge < -0.3 is 5.11 Å². The molecule has 1 aliphatic heterocycles. The van der Waals surface area contributed by atoms with Crippen LogP contribution >= 0.6 is 15.9 Å². The van der Waals surface area contributed by atoms with Crippen molar-refractivity contribution in [1.82, 2.24) is 4.90 Å². The zero-order chi connectivity index (χ0) is 13.1. The Kier molecular flexibility index (Phi) is 4.31. The molecule has 5 nitrogen and oxygen atoms in total. The molecule has 1 aromatic rings. The van der Waals surface area contributed by atoms with Crippen LogP contribution in [0.1, 0.15) is 18.4 Å². The van der Waals surface area contributed by atoms with Crippen LogP contribution in [-0.4, -0.2) is 34.1 Å². The highest BCUT2D eigenvalue weighted by molar-refractivity contribution is 9.10. The van der Waals surface area contributed by atoms with Crippen LogP contribution in [0, 0.1) is 10.1 Å². The molecule has 1 aliphatic rings. The number of hydrogen-bond donors (Lipinski definition) is 1. The molecule has 2 rings (SSSR count). The molecule has 1 fully saturated rings. The Balaban J connectivity index is 2.14. The number of piperidine rings is 1. The molecule has 0 saturated carbocycles. The Morgan fingerprint density at radius 2 is 2.33 bits per heavy atom. The van der Waals surface area contributed by atoms with Crippen molar-refractivity contribution in [1.29, 1.82) is 0 Å². The molecule has 0 spiro atoms. The quantitative estimate of drug-likeness (QED) is 0.686. The van der Waals surface area contributed by atoms with E-state index in [1.807, 2.05) is 6.07 Å². The van der Waals surface area contributed by atoms with Gasteiger partial charge in [-0.3, -0.25) is 15.0 Å². The zero-order valence-electron chi connectivity index (χ0n) is 9.88. The van der Waals surface area contributed by atoms with Gasteiger partial charge in [-0.2, -0.15) is 0 Å². The number of likely N-dealkylation sites (tertiary alicyclic amines) is 1. The highest BCUT2D eigenvalue weighted by Gasteiger charge is 2.20. The fourth-order valence-electron chi connectivity index (χ4n) is 2.25. The lowest BCUT2D eigenvalue weighted by Gasteiger charge is -2.30. The van der Waals surface area contributed by atoms with Crippen LogP contribution in [0.15, 0.2) is 22.7 Å². The van der Waals surface area contributed by atoms with E-state index < -0.39 is 4.92 Å². The average Bonchev–Trinajstić information content (AvgIpc) is 2.31. The van der Waals surface area contributed by atoms with Crippen molar-refractivity contribution in [3.63, 3.8) is 0 Å². The summed E-state index contributed by atoms with van der Waals surface area (Å²) < 4.78 is 0.537. The number of β-amino-alcohol motifs (C(OH)–C–C–N with tert-alkyl or cyclic N) is 1. The molecule has 1 N–H and O–H groups in total. The Bertz CT molecular complexity index is 453. The van der Waals surface area contributed by atoms with Gasteiger partial charge in [-0.05, 0) is 40.9 Å². The SMILES string of the molecule is O=[N+]([O-])c1cccc(CN2CCCC(O)C2)c1Br. The summed E-state index contributed by atoms with van der Waals surface area (Å²) in [4.78, 5) is 12.6. The Labute approximate surface area is 114 Å². The normalized spacial score (nSPS) is 20.9. The van der Waals surface area contributed by atoms with Gasteiger partial charge in [0.05, 0.1) is 15.5 Å². The van der Waals surface area contributed by atoms with Gasteiger partial charge in [-0.15, -0.1) is 0 Å². The van der Waals surface area contributed by atoms with Gasteiger partial charge >= 0.3 is 0 Å². The van der Waals surface area contributed by atoms with E-state index in [1.165, 1.54) is 6.07 Å². The summed E-state index contributed by atoms with van der Waals surface area (Å²) in [6.07, 6.45) is 1.52. The molecule has 18 heavy (non-hydrogen) atoms. The smallest absolute Gasteiger partial charge is 0.283 e. The maximum Gasteiger partial charge on any atom is 0.283 e. The van der Waals surface area contributed by atoms with Crippen molar-refractivity contribution in [2.45, 2.75) is 25.5 Å². The number of halogens is 1. The molecule has 0 radical (unpaired) electrons. The van der Waals surface area contributed by atoms with Crippen molar-refractivity contribution in [3.8, 4) is 0 Å². The van der Waals surface area contributed by atoms with Gasteiger partial charge in [0.2, 0.25) is 0 Å². The molecule has 1 unspecified atom stereocenters. The molecule has 1 saturated heterocycles. The highest BCUT2D eigenvalue weighted by Crippen LogP contribution is 2.29. The average molecular weight is 315 g/mol. The van der Waals surface area contributed by atoms with Crippen molar-refractivity contribution in [3.05, 3.63) is 38.3 Å². The summed E-state index contributed by atoms with van der Waals surface area (Å²) in [6, 6.07) is 5.05. The fourth-order valence-corrected chi connectivity index (χ4v) is 2.78. The third-order valence-electron chi connectivity index (χ3n) is 3.13. The predicted octanol–water partition coefficient (Wildman–Crippen LogP) is 2.31. The van der Waals surface area contributed by atoms with Crippen molar-refractivity contribution < 1.29 is 10.0 Å². The summed E-state index contributed by atoms with van der Waals surface area (Å²) in [6.45, 7) is 2.18. The van der Waals surface area contributed by atoms with Crippen molar-refractivity contribution >= 4 is 21.6 Å². The largest absolute Gasteiger partial charge is 0.392 e. The third kappa shape index (κ3) is 3.07. The van der Waals surface area contributed by atoms with Crippen LogP contribution in [0.5, 0.6) is 0 Å². The third-order valence-corrected chi connectivity index (χ3v) is 4.05. The van der Waals surface area contributed by atoms with Gasteiger partial charge in [0.25, 0.3) is 5.69 Å². The molecular weight excluding hydrogens is 300 g/mol. The van der Waals surface area contributed by atoms with Crippen LogP contribution < -0.4 is 0 Å². The summed E-state index contributed by atoms with van der Waals surface area (Å²) in [5.41, 5.74) is 0.975. The predicted molar refractivity (Wildman–Crippen MR) is 71.3 cm³/mol. The first kappa shape index (κ1) is 13.5. The Morgan fingerprint density at radius 1 is 1.56 bits per heavy atom. The standard InChI is InChI=1S/C12H15BrN2O3/c13-12-9(3-1-5-11(12)15(17)18)7-14-6-2-4-10(16)8-14/h1,3,5,10,16H,2,4,6-8H2. The summed E-state index contributed by atoms with van der Waals surface area (Å²) in [5, 5.41) is 20.4. The molecule has 98 valence electrons. The molecular formula is C12H15BrN2O3. The lowest BCUT2D eigenvalue weighted by Crippen LogP contribution is -2.37. The molecule has 0 aromatic heterocycles. The molecule has 1 aromatic carbocycles. The van der Waals surface area contributed by atoms with E-state index in [-0.39, 0.29) is 11.8 Å². The van der Waals surface area contributed by atoms with Gasteiger partial charge in [0.15, 0.2) is 0 Å². The Hall–Kier alpha value is -0.980. The second kappa shape index (κ2) is 5.77. The number of aliphatic hydroxyl groups is 1. The molecule has 0 bridgehead atoms. The lowest BCUT2D eigenvalue weighted by atomic mass is 10.1. The van der Waals surface area contributed by atoms with Crippen LogP contribution in [-0.2, 0) is 6.54 Å². The number of nitro groups is 1. The van der Waals surface area contributed by atoms with Gasteiger partial charge in [-0.25, -0.2) is 0 Å². The number of nitrogens with zero attached hydrogens (tertiary/aromatic N) is 2. The molecule has 1 heterocycles. The number of aliphatic hydroxyl groups excluding tert-OH is 1. The van der Waals surface area contributed by atoms with E-state index in [0.29, 0.717) is 17.6 Å². The van der Waals surface area contributed by atoms with Crippen LogP contribution in [0.2, 0.25) is 0 Å². The zero-order valence-corrected chi connectivity index (χ0v) is 11.5. The van der Waals surface area contributed by atoms with Crippen molar-refractivity contribution in [2.75, 3.05) is 13.1 Å². The Morgan fingerprint density at radius 3 is 3.00 bits per heavy atom. The minimum Gasteiger partial charge on any atom is -0.392 e. The van der Waals surface area contributed by atoms with E-state index >= 15 is 0 Å². The minimum absolute atomic E-state index is 0.0880. The fraction of sp³-hybridized carbons (Fsp3) is 0.500. The number of hydrogen-bond acceptors (Lipinski definition) is 4. The van der Waals surface area contributed by atoms with Crippen molar-refractivity contribution in [2.24, 2.45) is 0 Å². The molecule has 1 atom stereocenters. The van der Waals surface area contributed by atoms with E-state index in [0.717, 1.165) is 24.9 Å². The topological polar surface area (TPSA) is 66.6 Å². The summed E-state index contributed by atoms with van der Waals surface area (Å²) in [7, 11) is 0. The van der Waals surface area contributed by atoms with Crippen LogP contribution in [0.3, 0.4) is 0 Å². The van der Waals surface area contributed by atoms with Gasteiger partial charge in [0.1, 0.15) is 0 Å². The van der Waals surface area contributed by atoms with E-state index in [1.54, 1.807) is 6.07 Å². The summed E-state index contributed by atoms with van der Waals surface area (Å²) >= 11 is 3.29. The van der Waals surface area contributed by atoms with E-state index in [9.17, 15) is 15.2 Å². The monoisotopic (exact) mass is 314 g/mol. The first-order valence-corrected chi connectivity index (χ1v) is 6.69. The first-order chi connectivity index (χ1) is 8.58.